The number of aromatic amines is 1. The minimum atomic E-state index is 1.25. The molecular formula is C6H12N4. The molecule has 56 valence electrons. The summed E-state index contributed by atoms with van der Waals surface area (Å²) in [6.45, 7) is 2.50. The summed E-state index contributed by atoms with van der Waals surface area (Å²) < 4.78 is 0. The predicted molar refractivity (Wildman–Crippen MR) is 38.5 cm³/mol. The fourth-order valence-electron chi connectivity index (χ4n) is 0.792. The van der Waals surface area contributed by atoms with E-state index < -0.39 is 0 Å². The molecule has 1 aromatic rings. The quantitative estimate of drug-likeness (QED) is 0.540. The van der Waals surface area contributed by atoms with Crippen LogP contribution in [0.3, 0.4) is 0 Å². The summed E-state index contributed by atoms with van der Waals surface area (Å²) in [6.07, 6.45) is 5.94. The number of nitrogens with zero attached hydrogens (tertiary/aromatic N) is 2. The molecule has 2 rings (SSSR count). The second-order valence-corrected chi connectivity index (χ2v) is 2.11. The third-order valence-electron chi connectivity index (χ3n) is 1.29. The van der Waals surface area contributed by atoms with E-state index in [0.717, 1.165) is 0 Å². The summed E-state index contributed by atoms with van der Waals surface area (Å²) in [6, 6.07) is 0. The van der Waals surface area contributed by atoms with Crippen molar-refractivity contribution in [2.75, 3.05) is 13.1 Å². The molecule has 2 N–H and O–H groups in total. The number of hydrogen-bond acceptors (Lipinski definition) is 3. The maximum atomic E-state index is 3.49. The number of rotatable bonds is 0. The van der Waals surface area contributed by atoms with E-state index in [0.29, 0.717) is 0 Å². The summed E-state index contributed by atoms with van der Waals surface area (Å²) in [5, 5.41) is 12.6. The second kappa shape index (κ2) is 4.93. The van der Waals surface area contributed by atoms with Crippen LogP contribution < -0.4 is 5.32 Å². The first-order valence-corrected chi connectivity index (χ1v) is 3.50. The van der Waals surface area contributed by atoms with Gasteiger partial charge in [-0.1, -0.05) is 0 Å². The average Bonchev–Trinajstić information content (AvgIpc) is 2.67. The van der Waals surface area contributed by atoms with Crippen molar-refractivity contribution >= 4 is 0 Å². The molecule has 0 atom stereocenters. The normalized spacial score (nSPS) is 16.0. The van der Waals surface area contributed by atoms with Gasteiger partial charge in [-0.05, 0) is 25.9 Å². The monoisotopic (exact) mass is 140 g/mol. The van der Waals surface area contributed by atoms with Gasteiger partial charge in [0.2, 0.25) is 0 Å². The lowest BCUT2D eigenvalue weighted by atomic mass is 10.4. The van der Waals surface area contributed by atoms with E-state index in [9.17, 15) is 0 Å². The molecule has 2 heterocycles. The first-order chi connectivity index (χ1) is 5.00. The van der Waals surface area contributed by atoms with Crippen LogP contribution in [0.4, 0.5) is 0 Å². The maximum absolute atomic E-state index is 3.49. The van der Waals surface area contributed by atoms with Crippen LogP contribution in [0.1, 0.15) is 12.8 Å². The molecule has 0 bridgehead atoms. The Labute approximate surface area is 60.0 Å². The van der Waals surface area contributed by atoms with Crippen LogP contribution in [-0.2, 0) is 0 Å². The van der Waals surface area contributed by atoms with Crippen molar-refractivity contribution < 1.29 is 0 Å². The van der Waals surface area contributed by atoms with Gasteiger partial charge in [0.15, 0.2) is 0 Å². The van der Waals surface area contributed by atoms with Gasteiger partial charge in [-0.3, -0.25) is 0 Å². The van der Waals surface area contributed by atoms with E-state index in [4.69, 9.17) is 0 Å². The fourth-order valence-corrected chi connectivity index (χ4v) is 0.792. The molecule has 0 aromatic carbocycles. The molecule has 4 heteroatoms. The summed E-state index contributed by atoms with van der Waals surface area (Å²) in [5.74, 6) is 0. The highest BCUT2D eigenvalue weighted by atomic mass is 15.3. The highest BCUT2D eigenvalue weighted by Gasteiger charge is 1.93. The van der Waals surface area contributed by atoms with Crippen molar-refractivity contribution in [2.24, 2.45) is 0 Å². The van der Waals surface area contributed by atoms with E-state index in [2.05, 4.69) is 20.7 Å². The van der Waals surface area contributed by atoms with Crippen LogP contribution in [0.25, 0.3) is 0 Å². The Bertz CT molecular complexity index is 109. The molecule has 0 spiro atoms. The van der Waals surface area contributed by atoms with Crippen LogP contribution >= 0.6 is 0 Å². The first-order valence-electron chi connectivity index (χ1n) is 3.50. The summed E-state index contributed by atoms with van der Waals surface area (Å²) in [4.78, 5) is 0. The van der Waals surface area contributed by atoms with Gasteiger partial charge in [0.05, 0.1) is 12.4 Å². The zero-order chi connectivity index (χ0) is 7.07. The standard InChI is InChI=1S/C4H9N.C2H3N3/c2*1-2-4-5-3-1/h5H,1-4H2;1-2H,(H,3,4,5). The van der Waals surface area contributed by atoms with Gasteiger partial charge in [-0.2, -0.15) is 15.4 Å². The van der Waals surface area contributed by atoms with Crippen molar-refractivity contribution in [1.29, 1.82) is 0 Å². The minimum absolute atomic E-state index is 1.25. The van der Waals surface area contributed by atoms with Crippen LogP contribution in [0.2, 0.25) is 0 Å². The SMILES string of the molecule is C1CCNC1.c1cn[nH]n1. The zero-order valence-corrected chi connectivity index (χ0v) is 5.88. The van der Waals surface area contributed by atoms with Gasteiger partial charge in [0, 0.05) is 0 Å². The van der Waals surface area contributed by atoms with Crippen LogP contribution in [0.15, 0.2) is 12.4 Å². The molecular weight excluding hydrogens is 128 g/mol. The lowest BCUT2D eigenvalue weighted by molar-refractivity contribution is 0.857. The highest BCUT2D eigenvalue weighted by molar-refractivity contribution is 4.55. The lowest BCUT2D eigenvalue weighted by Gasteiger charge is -1.76. The van der Waals surface area contributed by atoms with E-state index in [1.54, 1.807) is 12.4 Å². The summed E-state index contributed by atoms with van der Waals surface area (Å²) in [7, 11) is 0. The first kappa shape index (κ1) is 7.21. The van der Waals surface area contributed by atoms with E-state index >= 15 is 0 Å². The maximum Gasteiger partial charge on any atom is 0.0690 e. The Kier molecular flexibility index (Phi) is 3.56. The van der Waals surface area contributed by atoms with Crippen LogP contribution in [-0.4, -0.2) is 28.5 Å². The van der Waals surface area contributed by atoms with Crippen molar-refractivity contribution in [3.63, 3.8) is 0 Å². The van der Waals surface area contributed by atoms with Crippen molar-refractivity contribution in [1.82, 2.24) is 20.7 Å². The molecule has 0 radical (unpaired) electrons. The molecule has 0 amide bonds. The average molecular weight is 140 g/mol. The van der Waals surface area contributed by atoms with E-state index in [1.165, 1.54) is 25.9 Å². The molecule has 0 unspecified atom stereocenters. The third kappa shape index (κ3) is 3.19. The largest absolute Gasteiger partial charge is 0.317 e. The molecule has 1 saturated heterocycles. The summed E-state index contributed by atoms with van der Waals surface area (Å²) >= 11 is 0. The van der Waals surface area contributed by atoms with Gasteiger partial charge < -0.3 is 5.32 Å². The fraction of sp³-hybridized carbons (Fsp3) is 0.667. The number of H-pyrrole nitrogens is 1. The highest BCUT2D eigenvalue weighted by Crippen LogP contribution is 1.90. The third-order valence-corrected chi connectivity index (χ3v) is 1.29. The Morgan fingerprint density at radius 1 is 1.00 bits per heavy atom. The zero-order valence-electron chi connectivity index (χ0n) is 5.88. The molecule has 1 aromatic heterocycles. The van der Waals surface area contributed by atoms with Crippen LogP contribution in [0.5, 0.6) is 0 Å². The van der Waals surface area contributed by atoms with Gasteiger partial charge >= 0.3 is 0 Å². The predicted octanol–water partition coefficient (Wildman–Crippen LogP) is 0.174. The Morgan fingerprint density at radius 3 is 1.80 bits per heavy atom. The molecule has 1 aliphatic heterocycles. The molecule has 10 heavy (non-hydrogen) atoms. The van der Waals surface area contributed by atoms with Crippen molar-refractivity contribution in [3.05, 3.63) is 12.4 Å². The smallest absolute Gasteiger partial charge is 0.0690 e. The van der Waals surface area contributed by atoms with Gasteiger partial charge in [-0.15, -0.1) is 0 Å². The lowest BCUT2D eigenvalue weighted by Crippen LogP contribution is -2.03. The van der Waals surface area contributed by atoms with E-state index in [1.807, 2.05) is 0 Å². The molecule has 1 fully saturated rings. The molecule has 1 aliphatic rings. The van der Waals surface area contributed by atoms with E-state index in [-0.39, 0.29) is 0 Å². The van der Waals surface area contributed by atoms with Gasteiger partial charge in [0.1, 0.15) is 0 Å². The number of nitrogens with one attached hydrogen (secondary N) is 2. The Hall–Kier alpha value is -0.900. The van der Waals surface area contributed by atoms with Gasteiger partial charge in [-0.25, -0.2) is 0 Å². The van der Waals surface area contributed by atoms with Crippen molar-refractivity contribution in [3.8, 4) is 0 Å². The number of aromatic nitrogens is 3. The minimum Gasteiger partial charge on any atom is -0.317 e. The van der Waals surface area contributed by atoms with Crippen LogP contribution in [0, 0.1) is 0 Å². The van der Waals surface area contributed by atoms with Crippen molar-refractivity contribution in [2.45, 2.75) is 12.8 Å². The molecule has 0 saturated carbocycles. The van der Waals surface area contributed by atoms with Gasteiger partial charge in [0.25, 0.3) is 0 Å². The Morgan fingerprint density at radius 2 is 1.60 bits per heavy atom. The molecule has 4 nitrogen and oxygen atoms in total. The second-order valence-electron chi connectivity index (χ2n) is 2.11. The summed E-state index contributed by atoms with van der Waals surface area (Å²) in [5.41, 5.74) is 0. The molecule has 0 aliphatic carbocycles. The topological polar surface area (TPSA) is 53.6 Å². The Balaban J connectivity index is 0.0000001000. The number of hydrogen-bond donors (Lipinski definition) is 2.